The van der Waals surface area contributed by atoms with E-state index in [4.69, 9.17) is 5.11 Å². The van der Waals surface area contributed by atoms with Gasteiger partial charge in [-0.2, -0.15) is 0 Å². The number of aliphatic carboxylic acids is 1. The van der Waals surface area contributed by atoms with Crippen molar-refractivity contribution in [1.82, 2.24) is 10.2 Å². The van der Waals surface area contributed by atoms with Crippen LogP contribution < -0.4 is 5.32 Å². The van der Waals surface area contributed by atoms with E-state index in [1.54, 1.807) is 0 Å². The fourth-order valence-corrected chi connectivity index (χ4v) is 3.33. The Kier molecular flexibility index (Phi) is 4.33. The monoisotopic (exact) mass is 330 g/mol. The predicted molar refractivity (Wildman–Crippen MR) is 83.8 cm³/mol. The van der Waals surface area contributed by atoms with Gasteiger partial charge in [0, 0.05) is 11.6 Å². The van der Waals surface area contributed by atoms with Gasteiger partial charge in [-0.25, -0.2) is 0 Å². The zero-order chi connectivity index (χ0) is 17.3. The third-order valence-corrected chi connectivity index (χ3v) is 4.52. The van der Waals surface area contributed by atoms with Crippen LogP contribution in [0.2, 0.25) is 0 Å². The zero-order valence-electron chi connectivity index (χ0n) is 13.1. The van der Waals surface area contributed by atoms with Crippen molar-refractivity contribution in [3.05, 3.63) is 34.9 Å². The SMILES string of the molecule is O=C(O)CNC(=O)c1ccc2c(c1)C(=O)N(C1CCCCC1)C2=O. The highest BCUT2D eigenvalue weighted by Gasteiger charge is 2.40. The molecule has 24 heavy (non-hydrogen) atoms. The average Bonchev–Trinajstić information content (AvgIpc) is 2.84. The smallest absolute Gasteiger partial charge is 0.322 e. The second-order valence-corrected chi connectivity index (χ2v) is 6.11. The third-order valence-electron chi connectivity index (χ3n) is 4.52. The van der Waals surface area contributed by atoms with Crippen LogP contribution in [-0.2, 0) is 4.79 Å². The number of nitrogens with one attached hydrogen (secondary N) is 1. The molecule has 0 unspecified atom stereocenters. The first-order valence-corrected chi connectivity index (χ1v) is 8.01. The highest BCUT2D eigenvalue weighted by Crippen LogP contribution is 2.31. The van der Waals surface area contributed by atoms with E-state index in [1.807, 2.05) is 0 Å². The van der Waals surface area contributed by atoms with Crippen LogP contribution in [0.5, 0.6) is 0 Å². The van der Waals surface area contributed by atoms with Crippen molar-refractivity contribution in [2.24, 2.45) is 0 Å². The maximum Gasteiger partial charge on any atom is 0.322 e. The molecule has 2 aliphatic rings. The topological polar surface area (TPSA) is 104 Å². The summed E-state index contributed by atoms with van der Waals surface area (Å²) in [5.41, 5.74) is 0.690. The number of carboxylic acid groups (broad SMARTS) is 1. The second kappa shape index (κ2) is 6.43. The number of carboxylic acids is 1. The fraction of sp³-hybridized carbons (Fsp3) is 0.412. The Labute approximate surface area is 138 Å². The van der Waals surface area contributed by atoms with Gasteiger partial charge >= 0.3 is 5.97 Å². The van der Waals surface area contributed by atoms with Gasteiger partial charge in [0.25, 0.3) is 17.7 Å². The number of carbonyl (C=O) groups is 4. The molecule has 3 amide bonds. The van der Waals surface area contributed by atoms with Gasteiger partial charge in [-0.05, 0) is 31.0 Å². The van der Waals surface area contributed by atoms with Crippen LogP contribution in [0.1, 0.15) is 63.2 Å². The van der Waals surface area contributed by atoms with Crippen molar-refractivity contribution in [2.45, 2.75) is 38.1 Å². The van der Waals surface area contributed by atoms with Gasteiger partial charge in [0.05, 0.1) is 11.1 Å². The van der Waals surface area contributed by atoms with Gasteiger partial charge in [-0.15, -0.1) is 0 Å². The molecule has 1 saturated carbocycles. The maximum atomic E-state index is 12.6. The molecule has 0 radical (unpaired) electrons. The van der Waals surface area contributed by atoms with Gasteiger partial charge in [0.1, 0.15) is 6.54 Å². The summed E-state index contributed by atoms with van der Waals surface area (Å²) in [5, 5.41) is 10.8. The number of amides is 3. The summed E-state index contributed by atoms with van der Waals surface area (Å²) in [7, 11) is 0. The molecule has 0 aromatic heterocycles. The average molecular weight is 330 g/mol. The standard InChI is InChI=1S/C17H18N2O5/c20-14(21)9-18-15(22)10-6-7-12-13(8-10)17(24)19(16(12)23)11-4-2-1-3-5-11/h6-8,11H,1-5,9H2,(H,18,22)(H,20,21). The lowest BCUT2D eigenvalue weighted by atomic mass is 9.94. The third kappa shape index (κ3) is 2.89. The van der Waals surface area contributed by atoms with E-state index in [2.05, 4.69) is 5.32 Å². The Morgan fingerprint density at radius 1 is 1.08 bits per heavy atom. The molecular weight excluding hydrogens is 312 g/mol. The van der Waals surface area contributed by atoms with Crippen molar-refractivity contribution in [3.63, 3.8) is 0 Å². The van der Waals surface area contributed by atoms with Gasteiger partial charge in [0.15, 0.2) is 0 Å². The lowest BCUT2D eigenvalue weighted by Gasteiger charge is -2.29. The maximum absolute atomic E-state index is 12.6. The summed E-state index contributed by atoms with van der Waals surface area (Å²) in [4.78, 5) is 48.9. The van der Waals surface area contributed by atoms with Gasteiger partial charge in [0.2, 0.25) is 0 Å². The van der Waals surface area contributed by atoms with E-state index in [9.17, 15) is 19.2 Å². The van der Waals surface area contributed by atoms with E-state index >= 15 is 0 Å². The molecule has 126 valence electrons. The number of hydrogen-bond donors (Lipinski definition) is 2. The van der Waals surface area contributed by atoms with Crippen LogP contribution in [0.25, 0.3) is 0 Å². The molecule has 0 bridgehead atoms. The van der Waals surface area contributed by atoms with E-state index in [-0.39, 0.29) is 29.0 Å². The predicted octanol–water partition coefficient (Wildman–Crippen LogP) is 1.43. The lowest BCUT2D eigenvalue weighted by molar-refractivity contribution is -0.135. The summed E-state index contributed by atoms with van der Waals surface area (Å²) in [6.07, 6.45) is 4.75. The molecule has 1 heterocycles. The Morgan fingerprint density at radius 3 is 2.42 bits per heavy atom. The van der Waals surface area contributed by atoms with E-state index < -0.39 is 18.4 Å². The van der Waals surface area contributed by atoms with Crippen molar-refractivity contribution in [1.29, 1.82) is 0 Å². The molecule has 0 spiro atoms. The molecule has 1 aromatic rings. The Hall–Kier alpha value is -2.70. The Morgan fingerprint density at radius 2 is 1.75 bits per heavy atom. The molecule has 7 heteroatoms. The first kappa shape index (κ1) is 16.2. The van der Waals surface area contributed by atoms with Gasteiger partial charge in [-0.1, -0.05) is 19.3 Å². The van der Waals surface area contributed by atoms with E-state index in [0.717, 1.165) is 32.1 Å². The molecule has 7 nitrogen and oxygen atoms in total. The number of imide groups is 1. The molecular formula is C17H18N2O5. The summed E-state index contributed by atoms with van der Waals surface area (Å²) in [6.45, 7) is -0.503. The number of fused-ring (bicyclic) bond motifs is 1. The normalized spacial score (nSPS) is 17.8. The number of benzene rings is 1. The van der Waals surface area contributed by atoms with Crippen molar-refractivity contribution in [2.75, 3.05) is 6.54 Å². The summed E-state index contributed by atoms with van der Waals surface area (Å²) in [6, 6.07) is 4.20. The minimum absolute atomic E-state index is 0.0737. The Bertz CT molecular complexity index is 722. The minimum atomic E-state index is -1.15. The number of carbonyl (C=O) groups excluding carboxylic acids is 3. The summed E-state index contributed by atoms with van der Waals surface area (Å²) < 4.78 is 0. The summed E-state index contributed by atoms with van der Waals surface area (Å²) in [5.74, 6) is -2.41. The molecule has 1 fully saturated rings. The molecule has 2 N–H and O–H groups in total. The molecule has 1 aliphatic carbocycles. The quantitative estimate of drug-likeness (QED) is 0.813. The van der Waals surface area contributed by atoms with Gasteiger partial charge in [-0.3, -0.25) is 24.1 Å². The Balaban J connectivity index is 1.83. The van der Waals surface area contributed by atoms with Crippen LogP contribution in [-0.4, -0.2) is 46.3 Å². The molecule has 0 saturated heterocycles. The highest BCUT2D eigenvalue weighted by atomic mass is 16.4. The number of hydrogen-bond acceptors (Lipinski definition) is 4. The van der Waals surface area contributed by atoms with Gasteiger partial charge < -0.3 is 10.4 Å². The fourth-order valence-electron chi connectivity index (χ4n) is 3.33. The molecule has 1 aliphatic heterocycles. The van der Waals surface area contributed by atoms with Crippen molar-refractivity contribution in [3.8, 4) is 0 Å². The molecule has 0 atom stereocenters. The number of rotatable bonds is 4. The van der Waals surface area contributed by atoms with E-state index in [1.165, 1.54) is 23.1 Å². The summed E-state index contributed by atoms with van der Waals surface area (Å²) >= 11 is 0. The largest absolute Gasteiger partial charge is 0.480 e. The number of nitrogens with zero attached hydrogens (tertiary/aromatic N) is 1. The van der Waals surface area contributed by atoms with Crippen molar-refractivity contribution < 1.29 is 24.3 Å². The van der Waals surface area contributed by atoms with E-state index in [0.29, 0.717) is 5.56 Å². The van der Waals surface area contributed by atoms with Crippen molar-refractivity contribution >= 4 is 23.7 Å². The zero-order valence-corrected chi connectivity index (χ0v) is 13.1. The van der Waals surface area contributed by atoms with Crippen LogP contribution in [0, 0.1) is 0 Å². The minimum Gasteiger partial charge on any atom is -0.480 e. The van der Waals surface area contributed by atoms with Crippen LogP contribution in [0.15, 0.2) is 18.2 Å². The second-order valence-electron chi connectivity index (χ2n) is 6.11. The van der Waals surface area contributed by atoms with Crippen LogP contribution >= 0.6 is 0 Å². The first-order chi connectivity index (χ1) is 11.5. The van der Waals surface area contributed by atoms with Crippen LogP contribution in [0.3, 0.4) is 0 Å². The van der Waals surface area contributed by atoms with Crippen LogP contribution in [0.4, 0.5) is 0 Å². The molecule has 3 rings (SSSR count). The lowest BCUT2D eigenvalue weighted by Crippen LogP contribution is -2.40. The first-order valence-electron chi connectivity index (χ1n) is 8.01. The molecule has 1 aromatic carbocycles. The highest BCUT2D eigenvalue weighted by molar-refractivity contribution is 6.22.